The molecule has 0 spiro atoms. The molecule has 2 rings (SSSR count). The summed E-state index contributed by atoms with van der Waals surface area (Å²) >= 11 is 0. The van der Waals surface area contributed by atoms with Gasteiger partial charge in [-0.25, -0.2) is 0 Å². The van der Waals surface area contributed by atoms with Crippen LogP contribution < -0.4 is 4.57 Å². The molecular formula is C24H36N+. The Kier molecular flexibility index (Phi) is 8.18. The highest BCUT2D eigenvalue weighted by Gasteiger charge is 2.14. The summed E-state index contributed by atoms with van der Waals surface area (Å²) in [5.41, 5.74) is 6.67. The van der Waals surface area contributed by atoms with Gasteiger partial charge in [-0.2, -0.15) is 4.57 Å². The minimum Gasteiger partial charge on any atom is -0.162 e. The van der Waals surface area contributed by atoms with Gasteiger partial charge in [-0.15, -0.1) is 0 Å². The second kappa shape index (κ2) is 10.4. The molecule has 0 fully saturated rings. The van der Waals surface area contributed by atoms with Crippen molar-refractivity contribution in [1.82, 2.24) is 0 Å². The summed E-state index contributed by atoms with van der Waals surface area (Å²) in [6.07, 6.45) is 12.3. The molecule has 0 aliphatic carbocycles. The van der Waals surface area contributed by atoms with E-state index < -0.39 is 0 Å². The summed E-state index contributed by atoms with van der Waals surface area (Å²) in [7, 11) is 0. The van der Waals surface area contributed by atoms with Gasteiger partial charge in [-0.3, -0.25) is 0 Å². The van der Waals surface area contributed by atoms with Gasteiger partial charge in [0.2, 0.25) is 5.69 Å². The first-order chi connectivity index (χ1) is 12.1. The van der Waals surface area contributed by atoms with Crippen LogP contribution in [-0.4, -0.2) is 0 Å². The summed E-state index contributed by atoms with van der Waals surface area (Å²) in [6.45, 7) is 8.82. The second-order valence-electron chi connectivity index (χ2n) is 7.54. The zero-order valence-corrected chi connectivity index (χ0v) is 16.8. The molecule has 0 radical (unpaired) electrons. The predicted octanol–water partition coefficient (Wildman–Crippen LogP) is 6.57. The van der Waals surface area contributed by atoms with E-state index in [0.717, 1.165) is 0 Å². The molecule has 0 aliphatic rings. The molecule has 2 aromatic rings. The maximum atomic E-state index is 2.34. The Labute approximate surface area is 155 Å². The van der Waals surface area contributed by atoms with Gasteiger partial charge in [-0.05, 0) is 30.9 Å². The third kappa shape index (κ3) is 6.30. The van der Waals surface area contributed by atoms with E-state index in [1.165, 1.54) is 86.0 Å². The van der Waals surface area contributed by atoms with Gasteiger partial charge in [0.05, 0.1) is 0 Å². The summed E-state index contributed by atoms with van der Waals surface area (Å²) in [4.78, 5) is 0. The lowest BCUT2D eigenvalue weighted by molar-refractivity contribution is -0.609. The number of unbranched alkanes of at least 4 members (excludes halogenated alkanes) is 7. The Bertz CT molecular complexity index is 617. The van der Waals surface area contributed by atoms with E-state index in [4.69, 9.17) is 0 Å². The fourth-order valence-corrected chi connectivity index (χ4v) is 3.79. The quantitative estimate of drug-likeness (QED) is 0.340. The number of hydrogen-bond donors (Lipinski definition) is 0. The maximum Gasteiger partial charge on any atom is 0.211 e. The number of benzene rings is 1. The van der Waals surface area contributed by atoms with Crippen molar-refractivity contribution >= 4 is 0 Å². The molecular weight excluding hydrogens is 302 g/mol. The lowest BCUT2D eigenvalue weighted by atomic mass is 10.0. The number of nitrogens with zero attached hydrogens (tertiary/aromatic N) is 1. The van der Waals surface area contributed by atoms with Crippen molar-refractivity contribution in [3.05, 3.63) is 58.9 Å². The van der Waals surface area contributed by atoms with Crippen LogP contribution in [0.15, 0.2) is 36.4 Å². The van der Waals surface area contributed by atoms with Gasteiger partial charge in [0, 0.05) is 38.1 Å². The van der Waals surface area contributed by atoms with E-state index in [2.05, 4.69) is 68.7 Å². The number of rotatable bonds is 10. The number of aryl methyl sites for hydroxylation is 4. The van der Waals surface area contributed by atoms with Gasteiger partial charge < -0.3 is 0 Å². The van der Waals surface area contributed by atoms with Gasteiger partial charge in [0.15, 0.2) is 11.4 Å². The summed E-state index contributed by atoms with van der Waals surface area (Å²) in [5.74, 6) is 0. The molecule has 1 aromatic carbocycles. The molecule has 0 saturated heterocycles. The van der Waals surface area contributed by atoms with Crippen molar-refractivity contribution in [2.75, 3.05) is 0 Å². The summed E-state index contributed by atoms with van der Waals surface area (Å²) < 4.78 is 2.34. The monoisotopic (exact) mass is 338 g/mol. The Hall–Kier alpha value is -1.63. The van der Waals surface area contributed by atoms with Crippen LogP contribution in [0.3, 0.4) is 0 Å². The van der Waals surface area contributed by atoms with Gasteiger partial charge in [-0.1, -0.05) is 64.0 Å². The van der Waals surface area contributed by atoms with E-state index >= 15 is 0 Å². The Morgan fingerprint density at radius 2 is 1.20 bits per heavy atom. The molecule has 0 aliphatic heterocycles. The zero-order valence-electron chi connectivity index (χ0n) is 16.8. The molecule has 136 valence electrons. The highest BCUT2D eigenvalue weighted by Crippen LogP contribution is 2.13. The van der Waals surface area contributed by atoms with Crippen molar-refractivity contribution in [3.8, 4) is 5.69 Å². The SMILES string of the molecule is CCCCCCCCCCc1ccc(-[n+]2c(C)cc(C)cc2C)cc1. The second-order valence-corrected chi connectivity index (χ2v) is 7.54. The molecule has 1 heteroatoms. The molecule has 25 heavy (non-hydrogen) atoms. The van der Waals surface area contributed by atoms with Crippen LogP contribution in [0.5, 0.6) is 0 Å². The largest absolute Gasteiger partial charge is 0.211 e. The van der Waals surface area contributed by atoms with Crippen molar-refractivity contribution in [3.63, 3.8) is 0 Å². The maximum absolute atomic E-state index is 2.34. The fraction of sp³-hybridized carbons (Fsp3) is 0.542. The van der Waals surface area contributed by atoms with Crippen LogP contribution in [-0.2, 0) is 6.42 Å². The van der Waals surface area contributed by atoms with Crippen molar-refractivity contribution in [2.45, 2.75) is 85.5 Å². The third-order valence-corrected chi connectivity index (χ3v) is 5.09. The standard InChI is InChI=1S/C24H36N/c1-5-6-7-8-9-10-11-12-13-23-14-16-24(17-15-23)25-21(3)18-20(2)19-22(25)4/h14-19H,5-13H2,1-4H3/q+1. The first-order valence-corrected chi connectivity index (χ1v) is 10.2. The van der Waals surface area contributed by atoms with E-state index in [-0.39, 0.29) is 0 Å². The van der Waals surface area contributed by atoms with Crippen LogP contribution in [0.2, 0.25) is 0 Å². The van der Waals surface area contributed by atoms with Crippen LogP contribution >= 0.6 is 0 Å². The van der Waals surface area contributed by atoms with Crippen molar-refractivity contribution in [2.24, 2.45) is 0 Å². The van der Waals surface area contributed by atoms with Crippen LogP contribution in [0.4, 0.5) is 0 Å². The Balaban J connectivity index is 1.81. The lowest BCUT2D eigenvalue weighted by Crippen LogP contribution is -2.37. The summed E-state index contributed by atoms with van der Waals surface area (Å²) in [6, 6.07) is 13.7. The molecule has 0 unspecified atom stereocenters. The molecule has 0 bridgehead atoms. The lowest BCUT2D eigenvalue weighted by Gasteiger charge is -2.06. The predicted molar refractivity (Wildman–Crippen MR) is 108 cm³/mol. The Morgan fingerprint density at radius 3 is 1.76 bits per heavy atom. The summed E-state index contributed by atoms with van der Waals surface area (Å²) in [5, 5.41) is 0. The van der Waals surface area contributed by atoms with E-state index in [9.17, 15) is 0 Å². The minimum absolute atomic E-state index is 1.21. The van der Waals surface area contributed by atoms with E-state index in [1.54, 1.807) is 0 Å². The highest BCUT2D eigenvalue weighted by molar-refractivity contribution is 5.29. The molecule has 0 saturated carbocycles. The first-order valence-electron chi connectivity index (χ1n) is 10.2. The average Bonchev–Trinajstić information content (AvgIpc) is 2.57. The molecule has 1 aromatic heterocycles. The number of hydrogen-bond acceptors (Lipinski definition) is 0. The Morgan fingerprint density at radius 1 is 0.680 bits per heavy atom. The van der Waals surface area contributed by atoms with Gasteiger partial charge >= 0.3 is 0 Å². The smallest absolute Gasteiger partial charge is 0.162 e. The zero-order chi connectivity index (χ0) is 18.1. The average molecular weight is 339 g/mol. The van der Waals surface area contributed by atoms with E-state index in [1.807, 2.05) is 0 Å². The molecule has 1 heterocycles. The fourth-order valence-electron chi connectivity index (χ4n) is 3.79. The van der Waals surface area contributed by atoms with E-state index in [0.29, 0.717) is 0 Å². The van der Waals surface area contributed by atoms with Crippen LogP contribution in [0, 0.1) is 20.8 Å². The molecule has 0 amide bonds. The topological polar surface area (TPSA) is 3.88 Å². The molecule has 0 N–H and O–H groups in total. The first kappa shape index (κ1) is 19.7. The van der Waals surface area contributed by atoms with Crippen LogP contribution in [0.1, 0.15) is 80.8 Å². The molecule has 0 atom stereocenters. The van der Waals surface area contributed by atoms with Gasteiger partial charge in [0.25, 0.3) is 0 Å². The molecule has 1 nitrogen and oxygen atoms in total. The third-order valence-electron chi connectivity index (χ3n) is 5.09. The highest BCUT2D eigenvalue weighted by atomic mass is 15.0. The minimum atomic E-state index is 1.21. The van der Waals surface area contributed by atoms with Crippen molar-refractivity contribution in [1.29, 1.82) is 0 Å². The number of aromatic nitrogens is 1. The van der Waals surface area contributed by atoms with Crippen LogP contribution in [0.25, 0.3) is 5.69 Å². The normalized spacial score (nSPS) is 11.0. The van der Waals surface area contributed by atoms with Crippen molar-refractivity contribution < 1.29 is 4.57 Å². The number of pyridine rings is 1. The van der Waals surface area contributed by atoms with Gasteiger partial charge in [0.1, 0.15) is 0 Å².